The van der Waals surface area contributed by atoms with E-state index in [9.17, 15) is 0 Å². The molecule has 0 aromatic heterocycles. The lowest BCUT2D eigenvalue weighted by molar-refractivity contribution is 0.157. The maximum Gasteiger partial charge on any atom is 0.0110 e. The molecule has 1 saturated heterocycles. The third-order valence-electron chi connectivity index (χ3n) is 4.22. The maximum absolute atomic E-state index is 3.54. The fourth-order valence-electron chi connectivity index (χ4n) is 3.19. The Kier molecular flexibility index (Phi) is 5.64. The second-order valence-electron chi connectivity index (χ2n) is 5.49. The van der Waals surface area contributed by atoms with Crippen molar-refractivity contribution >= 4 is 0 Å². The third-order valence-corrected chi connectivity index (χ3v) is 4.22. The molecule has 2 aliphatic rings. The standard InChI is InChI=1S/C14H28N2/c1-2-4-8-14(9-5-3-1)16-12-7-6-10-15-11-13-16/h14-15H,1-13H2. The van der Waals surface area contributed by atoms with Crippen molar-refractivity contribution in [3.8, 4) is 0 Å². The summed E-state index contributed by atoms with van der Waals surface area (Å²) in [5.41, 5.74) is 0. The Hall–Kier alpha value is -0.0800. The van der Waals surface area contributed by atoms with Gasteiger partial charge >= 0.3 is 0 Å². The number of nitrogens with one attached hydrogen (secondary N) is 1. The average Bonchev–Trinajstić information content (AvgIpc) is 2.18. The zero-order chi connectivity index (χ0) is 11.1. The van der Waals surface area contributed by atoms with E-state index >= 15 is 0 Å². The highest BCUT2D eigenvalue weighted by atomic mass is 15.2. The van der Waals surface area contributed by atoms with Gasteiger partial charge in [0, 0.05) is 19.1 Å². The smallest absolute Gasteiger partial charge is 0.0110 e. The normalized spacial score (nSPS) is 27.8. The molecule has 94 valence electrons. The van der Waals surface area contributed by atoms with E-state index in [-0.39, 0.29) is 0 Å². The molecule has 0 aromatic rings. The Labute approximate surface area is 101 Å². The Balaban J connectivity index is 1.81. The first-order valence-electron chi connectivity index (χ1n) is 7.41. The van der Waals surface area contributed by atoms with Crippen molar-refractivity contribution in [1.29, 1.82) is 0 Å². The molecule has 1 saturated carbocycles. The van der Waals surface area contributed by atoms with Gasteiger partial charge in [0.15, 0.2) is 0 Å². The molecule has 1 heterocycles. The van der Waals surface area contributed by atoms with Crippen LogP contribution in [0.15, 0.2) is 0 Å². The summed E-state index contributed by atoms with van der Waals surface area (Å²) in [5, 5.41) is 3.54. The molecule has 2 heteroatoms. The van der Waals surface area contributed by atoms with E-state index in [1.165, 1.54) is 84.0 Å². The predicted molar refractivity (Wildman–Crippen MR) is 69.8 cm³/mol. The van der Waals surface area contributed by atoms with Crippen LogP contribution in [-0.2, 0) is 0 Å². The van der Waals surface area contributed by atoms with Crippen LogP contribution in [0.25, 0.3) is 0 Å². The molecule has 1 aliphatic heterocycles. The van der Waals surface area contributed by atoms with Crippen molar-refractivity contribution in [2.75, 3.05) is 26.2 Å². The highest BCUT2D eigenvalue weighted by Gasteiger charge is 2.19. The minimum atomic E-state index is 0.903. The van der Waals surface area contributed by atoms with Gasteiger partial charge in [-0.25, -0.2) is 0 Å². The lowest BCUT2D eigenvalue weighted by atomic mass is 9.95. The fraction of sp³-hybridized carbons (Fsp3) is 1.00. The first kappa shape index (κ1) is 12.4. The van der Waals surface area contributed by atoms with Crippen LogP contribution in [0.5, 0.6) is 0 Å². The number of nitrogens with zero attached hydrogens (tertiary/aromatic N) is 1. The van der Waals surface area contributed by atoms with Gasteiger partial charge in [0.25, 0.3) is 0 Å². The van der Waals surface area contributed by atoms with Gasteiger partial charge in [-0.05, 0) is 38.8 Å². The summed E-state index contributed by atoms with van der Waals surface area (Å²) in [5.74, 6) is 0. The lowest BCUT2D eigenvalue weighted by Crippen LogP contribution is -2.42. The summed E-state index contributed by atoms with van der Waals surface area (Å²) in [4.78, 5) is 2.78. The van der Waals surface area contributed by atoms with E-state index in [1.54, 1.807) is 0 Å². The summed E-state index contributed by atoms with van der Waals surface area (Å²) >= 11 is 0. The van der Waals surface area contributed by atoms with E-state index in [0.717, 1.165) is 6.04 Å². The Morgan fingerprint density at radius 1 is 0.688 bits per heavy atom. The molecule has 0 spiro atoms. The van der Waals surface area contributed by atoms with Gasteiger partial charge in [-0.15, -0.1) is 0 Å². The van der Waals surface area contributed by atoms with Crippen LogP contribution >= 0.6 is 0 Å². The van der Waals surface area contributed by atoms with Gasteiger partial charge in [-0.2, -0.15) is 0 Å². The average molecular weight is 224 g/mol. The van der Waals surface area contributed by atoms with E-state index in [2.05, 4.69) is 10.2 Å². The van der Waals surface area contributed by atoms with E-state index < -0.39 is 0 Å². The van der Waals surface area contributed by atoms with Crippen molar-refractivity contribution in [1.82, 2.24) is 10.2 Å². The number of hydrogen-bond acceptors (Lipinski definition) is 2. The predicted octanol–water partition coefficient (Wildman–Crippen LogP) is 2.78. The Morgan fingerprint density at radius 2 is 1.44 bits per heavy atom. The van der Waals surface area contributed by atoms with E-state index in [1.807, 2.05) is 0 Å². The molecule has 1 N–H and O–H groups in total. The van der Waals surface area contributed by atoms with Crippen molar-refractivity contribution in [2.45, 2.75) is 63.8 Å². The van der Waals surface area contributed by atoms with E-state index in [0.29, 0.717) is 0 Å². The van der Waals surface area contributed by atoms with Crippen molar-refractivity contribution < 1.29 is 0 Å². The Morgan fingerprint density at radius 3 is 2.25 bits per heavy atom. The largest absolute Gasteiger partial charge is 0.315 e. The van der Waals surface area contributed by atoms with Gasteiger partial charge in [0.1, 0.15) is 0 Å². The minimum absolute atomic E-state index is 0.903. The van der Waals surface area contributed by atoms with Crippen molar-refractivity contribution in [2.24, 2.45) is 0 Å². The first-order valence-corrected chi connectivity index (χ1v) is 7.41. The van der Waals surface area contributed by atoms with Crippen LogP contribution < -0.4 is 5.32 Å². The monoisotopic (exact) mass is 224 g/mol. The first-order chi connectivity index (χ1) is 7.97. The van der Waals surface area contributed by atoms with Gasteiger partial charge < -0.3 is 5.32 Å². The second-order valence-corrected chi connectivity index (χ2v) is 5.49. The van der Waals surface area contributed by atoms with Gasteiger partial charge in [0.05, 0.1) is 0 Å². The zero-order valence-electron chi connectivity index (χ0n) is 10.7. The molecule has 0 atom stereocenters. The molecule has 0 bridgehead atoms. The Bertz CT molecular complexity index is 146. The van der Waals surface area contributed by atoms with E-state index in [4.69, 9.17) is 0 Å². The molecule has 0 amide bonds. The van der Waals surface area contributed by atoms with Crippen LogP contribution in [-0.4, -0.2) is 37.1 Å². The van der Waals surface area contributed by atoms with Crippen LogP contribution in [0.4, 0.5) is 0 Å². The van der Waals surface area contributed by atoms with Gasteiger partial charge in [-0.1, -0.05) is 32.1 Å². The SMILES string of the molecule is C1CCCC(N2CCCCNCC2)CCC1. The molecule has 0 radical (unpaired) electrons. The molecular formula is C14H28N2. The molecule has 0 aromatic carbocycles. The topological polar surface area (TPSA) is 15.3 Å². The molecular weight excluding hydrogens is 196 g/mol. The van der Waals surface area contributed by atoms with Crippen LogP contribution in [0.1, 0.15) is 57.8 Å². The van der Waals surface area contributed by atoms with Gasteiger partial charge in [0.2, 0.25) is 0 Å². The molecule has 2 fully saturated rings. The summed E-state index contributed by atoms with van der Waals surface area (Å²) < 4.78 is 0. The number of hydrogen-bond donors (Lipinski definition) is 1. The lowest BCUT2D eigenvalue weighted by Gasteiger charge is -2.34. The summed E-state index contributed by atoms with van der Waals surface area (Å²) in [6, 6.07) is 0.903. The second kappa shape index (κ2) is 7.29. The number of rotatable bonds is 1. The molecule has 2 rings (SSSR count). The van der Waals surface area contributed by atoms with Gasteiger partial charge in [-0.3, -0.25) is 4.90 Å². The van der Waals surface area contributed by atoms with Crippen molar-refractivity contribution in [3.63, 3.8) is 0 Å². The molecule has 16 heavy (non-hydrogen) atoms. The quantitative estimate of drug-likeness (QED) is 0.737. The van der Waals surface area contributed by atoms with Crippen LogP contribution in [0.2, 0.25) is 0 Å². The van der Waals surface area contributed by atoms with Crippen LogP contribution in [0, 0.1) is 0 Å². The molecule has 0 unspecified atom stereocenters. The molecule has 1 aliphatic carbocycles. The minimum Gasteiger partial charge on any atom is -0.315 e. The summed E-state index contributed by atoms with van der Waals surface area (Å²) in [7, 11) is 0. The highest BCUT2D eigenvalue weighted by molar-refractivity contribution is 4.76. The highest BCUT2D eigenvalue weighted by Crippen LogP contribution is 2.21. The fourth-order valence-corrected chi connectivity index (χ4v) is 3.19. The molecule has 2 nitrogen and oxygen atoms in total. The summed E-state index contributed by atoms with van der Waals surface area (Å²) in [6.45, 7) is 5.08. The third kappa shape index (κ3) is 4.06. The summed E-state index contributed by atoms with van der Waals surface area (Å²) in [6.07, 6.45) is 13.0. The maximum atomic E-state index is 3.54. The van der Waals surface area contributed by atoms with Crippen molar-refractivity contribution in [3.05, 3.63) is 0 Å². The van der Waals surface area contributed by atoms with Crippen LogP contribution in [0.3, 0.4) is 0 Å². The zero-order valence-corrected chi connectivity index (χ0v) is 10.7.